The molecule has 168 valence electrons. The van der Waals surface area contributed by atoms with E-state index in [2.05, 4.69) is 10.2 Å². The monoisotopic (exact) mass is 489 g/mol. The van der Waals surface area contributed by atoms with Crippen LogP contribution in [0.2, 0.25) is 5.02 Å². The standard InChI is InChI=1S/C23H24ClN3O3S2/c1-16-12-17(2)14-19(13-16)25-23(28)22-21(6-11-31-22)32(29,30)27-9-7-26(8-10-27)20-5-3-4-18(24)15-20/h3-6,11-15H,7-10H2,1-2H3,(H,25,28). The van der Waals surface area contributed by atoms with Gasteiger partial charge in [-0.05, 0) is 66.8 Å². The lowest BCUT2D eigenvalue weighted by molar-refractivity contribution is 0.102. The number of hydrogen-bond acceptors (Lipinski definition) is 5. The highest BCUT2D eigenvalue weighted by molar-refractivity contribution is 7.89. The van der Waals surface area contributed by atoms with Gasteiger partial charge in [0.15, 0.2) is 0 Å². The average molecular weight is 490 g/mol. The molecule has 4 rings (SSSR count). The molecule has 6 nitrogen and oxygen atoms in total. The van der Waals surface area contributed by atoms with Gasteiger partial charge in [0.1, 0.15) is 9.77 Å². The van der Waals surface area contributed by atoms with Gasteiger partial charge in [0.05, 0.1) is 0 Å². The lowest BCUT2D eigenvalue weighted by atomic mass is 10.1. The molecule has 1 aliphatic rings. The summed E-state index contributed by atoms with van der Waals surface area (Å²) in [7, 11) is -3.79. The second-order valence-corrected chi connectivity index (χ2v) is 11.1. The number of rotatable bonds is 5. The maximum atomic E-state index is 13.3. The first kappa shape index (κ1) is 22.8. The topological polar surface area (TPSA) is 69.7 Å². The molecule has 1 aliphatic heterocycles. The molecule has 1 saturated heterocycles. The minimum absolute atomic E-state index is 0.0561. The van der Waals surface area contributed by atoms with E-state index in [1.807, 2.05) is 56.3 Å². The van der Waals surface area contributed by atoms with Crippen LogP contribution in [-0.4, -0.2) is 44.8 Å². The number of benzene rings is 2. The number of hydrogen-bond donors (Lipinski definition) is 1. The van der Waals surface area contributed by atoms with Crippen molar-refractivity contribution in [2.75, 3.05) is 36.4 Å². The Bertz CT molecular complexity index is 1230. The fourth-order valence-electron chi connectivity index (χ4n) is 3.90. The summed E-state index contributed by atoms with van der Waals surface area (Å²) in [5, 5.41) is 5.14. The van der Waals surface area contributed by atoms with E-state index in [9.17, 15) is 13.2 Å². The molecule has 0 radical (unpaired) electrons. The van der Waals surface area contributed by atoms with Crippen LogP contribution in [0.15, 0.2) is 58.8 Å². The molecular formula is C23H24ClN3O3S2. The number of thiophene rings is 1. The molecule has 0 atom stereocenters. The maximum Gasteiger partial charge on any atom is 0.267 e. The normalized spacial score (nSPS) is 15.0. The number of amides is 1. The van der Waals surface area contributed by atoms with Crippen LogP contribution < -0.4 is 10.2 Å². The summed E-state index contributed by atoms with van der Waals surface area (Å²) < 4.78 is 28.1. The number of carbonyl (C=O) groups is 1. The highest BCUT2D eigenvalue weighted by atomic mass is 35.5. The zero-order valence-corrected chi connectivity index (χ0v) is 20.2. The van der Waals surface area contributed by atoms with Gasteiger partial charge in [0, 0.05) is 42.6 Å². The number of anilines is 2. The molecule has 1 aromatic heterocycles. The predicted octanol–water partition coefficient (Wildman–Crippen LogP) is 4.78. The van der Waals surface area contributed by atoms with E-state index >= 15 is 0 Å². The van der Waals surface area contributed by atoms with Crippen LogP contribution in [0.5, 0.6) is 0 Å². The van der Waals surface area contributed by atoms with Crippen LogP contribution in [-0.2, 0) is 10.0 Å². The number of carbonyl (C=O) groups excluding carboxylic acids is 1. The third-order valence-electron chi connectivity index (χ3n) is 5.34. The van der Waals surface area contributed by atoms with Gasteiger partial charge in [-0.15, -0.1) is 11.3 Å². The lowest BCUT2D eigenvalue weighted by Gasteiger charge is -2.35. The van der Waals surface area contributed by atoms with E-state index in [1.54, 1.807) is 5.38 Å². The Balaban J connectivity index is 1.49. The number of nitrogens with zero attached hydrogens (tertiary/aromatic N) is 2. The molecule has 1 N–H and O–H groups in total. The number of sulfonamides is 1. The minimum Gasteiger partial charge on any atom is -0.369 e. The van der Waals surface area contributed by atoms with Gasteiger partial charge in [-0.25, -0.2) is 8.42 Å². The van der Waals surface area contributed by atoms with Gasteiger partial charge >= 0.3 is 0 Å². The second-order valence-electron chi connectivity index (χ2n) is 7.82. The first-order valence-electron chi connectivity index (χ1n) is 10.2. The number of nitrogens with one attached hydrogen (secondary N) is 1. The molecule has 1 fully saturated rings. The van der Waals surface area contributed by atoms with Crippen LogP contribution in [0.1, 0.15) is 20.8 Å². The molecule has 0 saturated carbocycles. The van der Waals surface area contributed by atoms with Gasteiger partial charge in [-0.3, -0.25) is 4.79 Å². The fraction of sp³-hybridized carbons (Fsp3) is 0.261. The predicted molar refractivity (Wildman–Crippen MR) is 131 cm³/mol. The highest BCUT2D eigenvalue weighted by Gasteiger charge is 2.32. The van der Waals surface area contributed by atoms with Crippen molar-refractivity contribution in [1.29, 1.82) is 0 Å². The lowest BCUT2D eigenvalue weighted by Crippen LogP contribution is -2.48. The summed E-state index contributed by atoms with van der Waals surface area (Å²) in [6, 6.07) is 14.8. The minimum atomic E-state index is -3.79. The molecule has 0 bridgehead atoms. The number of piperazine rings is 1. The summed E-state index contributed by atoms with van der Waals surface area (Å²) in [5.41, 5.74) is 3.67. The molecule has 9 heteroatoms. The van der Waals surface area contributed by atoms with Crippen LogP contribution >= 0.6 is 22.9 Å². The molecule has 1 amide bonds. The Kier molecular flexibility index (Phi) is 6.57. The van der Waals surface area contributed by atoms with Crippen LogP contribution in [0.25, 0.3) is 0 Å². The van der Waals surface area contributed by atoms with Gasteiger partial charge in [0.25, 0.3) is 5.91 Å². The van der Waals surface area contributed by atoms with Gasteiger partial charge in [-0.1, -0.05) is 23.7 Å². The molecule has 3 aromatic rings. The maximum absolute atomic E-state index is 13.3. The summed E-state index contributed by atoms with van der Waals surface area (Å²) >= 11 is 7.22. The molecular weight excluding hydrogens is 466 g/mol. The van der Waals surface area contributed by atoms with Crippen LogP contribution in [0.4, 0.5) is 11.4 Å². The van der Waals surface area contributed by atoms with Crippen molar-refractivity contribution in [2.45, 2.75) is 18.7 Å². The Morgan fingerprint density at radius 3 is 2.34 bits per heavy atom. The van der Waals surface area contributed by atoms with Crippen molar-refractivity contribution in [3.8, 4) is 0 Å². The Labute approximate surface area is 197 Å². The van der Waals surface area contributed by atoms with Crippen LogP contribution in [0.3, 0.4) is 0 Å². The zero-order valence-electron chi connectivity index (χ0n) is 17.8. The molecule has 0 spiro atoms. The van der Waals surface area contributed by atoms with Gasteiger partial charge < -0.3 is 10.2 Å². The summed E-state index contributed by atoms with van der Waals surface area (Å²) in [6.45, 7) is 5.67. The summed E-state index contributed by atoms with van der Waals surface area (Å²) in [4.78, 5) is 15.3. The van der Waals surface area contributed by atoms with E-state index in [0.717, 1.165) is 28.2 Å². The third kappa shape index (κ3) is 4.83. The van der Waals surface area contributed by atoms with E-state index in [4.69, 9.17) is 11.6 Å². The Hall–Kier alpha value is -2.39. The van der Waals surface area contributed by atoms with Crippen molar-refractivity contribution in [2.24, 2.45) is 0 Å². The van der Waals surface area contributed by atoms with E-state index in [-0.39, 0.29) is 9.77 Å². The number of aryl methyl sites for hydroxylation is 2. The van der Waals surface area contributed by atoms with Crippen LogP contribution in [0, 0.1) is 13.8 Å². The molecule has 0 aliphatic carbocycles. The summed E-state index contributed by atoms with van der Waals surface area (Å²) in [6.07, 6.45) is 0. The first-order valence-corrected chi connectivity index (χ1v) is 12.9. The van der Waals surface area contributed by atoms with Crippen molar-refractivity contribution >= 4 is 50.2 Å². The van der Waals surface area contributed by atoms with Crippen molar-refractivity contribution in [3.63, 3.8) is 0 Å². The Morgan fingerprint density at radius 2 is 1.69 bits per heavy atom. The molecule has 2 heterocycles. The molecule has 2 aromatic carbocycles. The molecule has 0 unspecified atom stereocenters. The van der Waals surface area contributed by atoms with E-state index in [1.165, 1.54) is 10.4 Å². The third-order valence-corrected chi connectivity index (χ3v) is 8.56. The van der Waals surface area contributed by atoms with E-state index in [0.29, 0.717) is 36.9 Å². The zero-order chi connectivity index (χ0) is 22.9. The van der Waals surface area contributed by atoms with E-state index < -0.39 is 15.9 Å². The number of halogens is 1. The largest absolute Gasteiger partial charge is 0.369 e. The summed E-state index contributed by atoms with van der Waals surface area (Å²) in [5.74, 6) is -0.416. The molecule has 32 heavy (non-hydrogen) atoms. The first-order chi connectivity index (χ1) is 15.2. The average Bonchev–Trinajstić information content (AvgIpc) is 3.24. The highest BCUT2D eigenvalue weighted by Crippen LogP contribution is 2.28. The van der Waals surface area contributed by atoms with Gasteiger partial charge in [-0.2, -0.15) is 4.31 Å². The SMILES string of the molecule is Cc1cc(C)cc(NC(=O)c2sccc2S(=O)(=O)N2CCN(c3cccc(Cl)c3)CC2)c1. The second kappa shape index (κ2) is 9.23. The smallest absolute Gasteiger partial charge is 0.267 e. The van der Waals surface area contributed by atoms with Gasteiger partial charge in [0.2, 0.25) is 10.0 Å². The van der Waals surface area contributed by atoms with Crippen molar-refractivity contribution < 1.29 is 13.2 Å². The Morgan fingerprint density at radius 1 is 1.00 bits per heavy atom. The quantitative estimate of drug-likeness (QED) is 0.560. The fourth-order valence-corrected chi connectivity index (χ4v) is 6.80. The van der Waals surface area contributed by atoms with Crippen molar-refractivity contribution in [1.82, 2.24) is 4.31 Å². The van der Waals surface area contributed by atoms with Crippen molar-refractivity contribution in [3.05, 3.63) is 74.9 Å².